The highest BCUT2D eigenvalue weighted by Crippen LogP contribution is 2.44. The van der Waals surface area contributed by atoms with Crippen LogP contribution in [0.5, 0.6) is 11.8 Å². The fourth-order valence-corrected chi connectivity index (χ4v) is 3.78. The molecule has 0 saturated heterocycles. The summed E-state index contributed by atoms with van der Waals surface area (Å²) < 4.78 is 12.9. The van der Waals surface area contributed by atoms with Crippen molar-refractivity contribution < 1.29 is 19.4 Å². The van der Waals surface area contributed by atoms with Gasteiger partial charge in [-0.05, 0) is 44.4 Å². The maximum atomic E-state index is 12.5. The SMILES string of the molecule is COC(=O)N1c2ccc(-c3cnn(CCO)c3)c(Oc3ncc(C)cn3)c2CC[C@@H]1C. The summed E-state index contributed by atoms with van der Waals surface area (Å²) in [5.41, 5.74) is 4.21. The second kappa shape index (κ2) is 8.73. The molecule has 162 valence electrons. The lowest BCUT2D eigenvalue weighted by Gasteiger charge is -2.35. The number of aromatic nitrogens is 4. The van der Waals surface area contributed by atoms with E-state index in [0.29, 0.717) is 12.3 Å². The summed E-state index contributed by atoms with van der Waals surface area (Å²) in [6.45, 7) is 4.30. The molecule has 0 bridgehead atoms. The molecule has 0 fully saturated rings. The number of hydrogen-bond donors (Lipinski definition) is 1. The van der Waals surface area contributed by atoms with E-state index in [1.54, 1.807) is 28.2 Å². The molecule has 0 aliphatic carbocycles. The lowest BCUT2D eigenvalue weighted by Crippen LogP contribution is -2.42. The molecule has 0 unspecified atom stereocenters. The summed E-state index contributed by atoms with van der Waals surface area (Å²) in [7, 11) is 1.38. The summed E-state index contributed by atoms with van der Waals surface area (Å²) in [4.78, 5) is 22.7. The van der Waals surface area contributed by atoms with E-state index in [4.69, 9.17) is 9.47 Å². The highest BCUT2D eigenvalue weighted by atomic mass is 16.5. The standard InChI is InChI=1S/C22H25N5O4/c1-14-10-23-21(24-11-14)31-20-17(16-12-25-26(13-16)8-9-28)6-7-19-18(20)5-4-15(2)27(19)22(29)30-3/h6-7,10-13,15,28H,4-5,8-9H2,1-3H3/t15-/m0/s1. The number of aliphatic hydroxyl groups is 1. The van der Waals surface area contributed by atoms with Crippen molar-refractivity contribution in [1.82, 2.24) is 19.7 Å². The van der Waals surface area contributed by atoms with Gasteiger partial charge in [0.25, 0.3) is 0 Å². The molecule has 9 nitrogen and oxygen atoms in total. The summed E-state index contributed by atoms with van der Waals surface area (Å²) in [5, 5.41) is 13.5. The number of carbonyl (C=O) groups is 1. The van der Waals surface area contributed by atoms with Gasteiger partial charge < -0.3 is 14.6 Å². The molecule has 1 aliphatic rings. The van der Waals surface area contributed by atoms with Crippen LogP contribution in [-0.2, 0) is 17.7 Å². The van der Waals surface area contributed by atoms with E-state index in [-0.39, 0.29) is 18.7 Å². The molecule has 4 rings (SSSR count). The molecule has 1 aromatic carbocycles. The van der Waals surface area contributed by atoms with Gasteiger partial charge in [0.05, 0.1) is 32.1 Å². The van der Waals surface area contributed by atoms with Crippen LogP contribution in [0.25, 0.3) is 11.1 Å². The Morgan fingerprint density at radius 3 is 2.74 bits per heavy atom. The molecule has 1 amide bonds. The molecule has 31 heavy (non-hydrogen) atoms. The molecular weight excluding hydrogens is 398 g/mol. The molecule has 0 saturated carbocycles. The number of anilines is 1. The Morgan fingerprint density at radius 2 is 2.03 bits per heavy atom. The van der Waals surface area contributed by atoms with Crippen molar-refractivity contribution in [3.8, 4) is 22.9 Å². The summed E-state index contributed by atoms with van der Waals surface area (Å²) in [6, 6.07) is 4.04. The average molecular weight is 423 g/mol. The van der Waals surface area contributed by atoms with Crippen molar-refractivity contribution >= 4 is 11.8 Å². The summed E-state index contributed by atoms with van der Waals surface area (Å²) in [6.07, 6.45) is 8.05. The van der Waals surface area contributed by atoms with Crippen LogP contribution in [0.3, 0.4) is 0 Å². The van der Waals surface area contributed by atoms with E-state index in [0.717, 1.165) is 40.8 Å². The van der Waals surface area contributed by atoms with E-state index in [2.05, 4.69) is 15.1 Å². The topological polar surface area (TPSA) is 103 Å². The number of carbonyl (C=O) groups excluding carboxylic acids is 1. The second-order valence-electron chi connectivity index (χ2n) is 7.53. The van der Waals surface area contributed by atoms with Crippen molar-refractivity contribution in [3.05, 3.63) is 48.0 Å². The third-order valence-corrected chi connectivity index (χ3v) is 5.34. The summed E-state index contributed by atoms with van der Waals surface area (Å²) >= 11 is 0. The number of nitrogens with zero attached hydrogens (tertiary/aromatic N) is 5. The minimum absolute atomic E-state index is 0.00146. The zero-order valence-electron chi connectivity index (χ0n) is 17.8. The smallest absolute Gasteiger partial charge is 0.414 e. The summed E-state index contributed by atoms with van der Waals surface area (Å²) in [5.74, 6) is 0.589. The van der Waals surface area contributed by atoms with Gasteiger partial charge in [-0.15, -0.1) is 0 Å². The number of amides is 1. The van der Waals surface area contributed by atoms with Gasteiger partial charge in [0, 0.05) is 41.3 Å². The number of ether oxygens (including phenoxy) is 2. The van der Waals surface area contributed by atoms with E-state index in [1.165, 1.54) is 7.11 Å². The Bertz CT molecular complexity index is 1080. The highest BCUT2D eigenvalue weighted by molar-refractivity contribution is 5.92. The van der Waals surface area contributed by atoms with Crippen molar-refractivity contribution in [2.24, 2.45) is 0 Å². The first-order chi connectivity index (χ1) is 15.0. The molecular formula is C22H25N5O4. The number of rotatable bonds is 5. The van der Waals surface area contributed by atoms with E-state index < -0.39 is 6.09 Å². The number of fused-ring (bicyclic) bond motifs is 1. The first-order valence-corrected chi connectivity index (χ1v) is 10.1. The zero-order valence-corrected chi connectivity index (χ0v) is 17.8. The Labute approximate surface area is 180 Å². The van der Waals surface area contributed by atoms with E-state index in [9.17, 15) is 9.90 Å². The van der Waals surface area contributed by atoms with Crippen molar-refractivity contribution in [2.75, 3.05) is 18.6 Å². The fourth-order valence-electron chi connectivity index (χ4n) is 3.78. The Balaban J connectivity index is 1.85. The normalized spacial score (nSPS) is 15.5. The molecule has 0 radical (unpaired) electrons. The Kier molecular flexibility index (Phi) is 5.85. The van der Waals surface area contributed by atoms with Gasteiger partial charge in [0.1, 0.15) is 5.75 Å². The molecule has 2 aromatic heterocycles. The minimum Gasteiger partial charge on any atom is -0.452 e. The van der Waals surface area contributed by atoms with Crippen LogP contribution in [0.15, 0.2) is 36.9 Å². The van der Waals surface area contributed by atoms with Crippen LogP contribution >= 0.6 is 0 Å². The van der Waals surface area contributed by atoms with Gasteiger partial charge in [0.15, 0.2) is 0 Å². The first-order valence-electron chi connectivity index (χ1n) is 10.1. The molecule has 3 aromatic rings. The first kappa shape index (κ1) is 20.8. The largest absolute Gasteiger partial charge is 0.452 e. The van der Waals surface area contributed by atoms with Crippen molar-refractivity contribution in [2.45, 2.75) is 39.3 Å². The van der Waals surface area contributed by atoms with Crippen molar-refractivity contribution in [1.29, 1.82) is 0 Å². The quantitative estimate of drug-likeness (QED) is 0.671. The van der Waals surface area contributed by atoms with Gasteiger partial charge in [-0.2, -0.15) is 5.10 Å². The molecule has 3 heterocycles. The van der Waals surface area contributed by atoms with Gasteiger partial charge in [-0.3, -0.25) is 9.58 Å². The fraction of sp³-hybridized carbons (Fsp3) is 0.364. The van der Waals surface area contributed by atoms with Crippen LogP contribution in [0.4, 0.5) is 10.5 Å². The minimum atomic E-state index is -0.408. The second-order valence-corrected chi connectivity index (χ2v) is 7.53. The number of methoxy groups -OCH3 is 1. The lowest BCUT2D eigenvalue weighted by atomic mass is 9.92. The van der Waals surface area contributed by atoms with Crippen molar-refractivity contribution in [3.63, 3.8) is 0 Å². The van der Waals surface area contributed by atoms with Crippen LogP contribution in [0.1, 0.15) is 24.5 Å². The third kappa shape index (κ3) is 4.09. The van der Waals surface area contributed by atoms with Crippen LogP contribution < -0.4 is 9.64 Å². The van der Waals surface area contributed by atoms with Gasteiger partial charge in [0.2, 0.25) is 0 Å². The molecule has 0 spiro atoms. The monoisotopic (exact) mass is 423 g/mol. The lowest BCUT2D eigenvalue weighted by molar-refractivity contribution is 0.175. The number of hydrogen-bond acceptors (Lipinski definition) is 7. The average Bonchev–Trinajstić information content (AvgIpc) is 3.23. The maximum absolute atomic E-state index is 12.5. The van der Waals surface area contributed by atoms with Gasteiger partial charge in [-0.25, -0.2) is 14.8 Å². The maximum Gasteiger partial charge on any atom is 0.414 e. The molecule has 9 heteroatoms. The van der Waals surface area contributed by atoms with Crippen LogP contribution in [0, 0.1) is 6.92 Å². The predicted octanol–water partition coefficient (Wildman–Crippen LogP) is 3.34. The predicted molar refractivity (Wildman–Crippen MR) is 114 cm³/mol. The number of aryl methyl sites for hydroxylation is 1. The van der Waals surface area contributed by atoms with Gasteiger partial charge in [-0.1, -0.05) is 0 Å². The molecule has 1 N–H and O–H groups in total. The Morgan fingerprint density at radius 1 is 1.26 bits per heavy atom. The Hall–Kier alpha value is -3.46. The van der Waals surface area contributed by atoms with E-state index >= 15 is 0 Å². The third-order valence-electron chi connectivity index (χ3n) is 5.34. The zero-order chi connectivity index (χ0) is 22.0. The highest BCUT2D eigenvalue weighted by Gasteiger charge is 2.32. The van der Waals surface area contributed by atoms with Crippen LogP contribution in [-0.4, -0.2) is 50.7 Å². The van der Waals surface area contributed by atoms with Gasteiger partial charge >= 0.3 is 12.1 Å². The number of aliphatic hydroxyl groups excluding tert-OH is 1. The molecule has 1 aliphatic heterocycles. The molecule has 1 atom stereocenters. The van der Waals surface area contributed by atoms with Crippen LogP contribution in [0.2, 0.25) is 0 Å². The number of benzene rings is 1. The van der Waals surface area contributed by atoms with E-state index in [1.807, 2.05) is 32.2 Å².